The van der Waals surface area contributed by atoms with Crippen LogP contribution in [0.15, 0.2) is 48.8 Å². The van der Waals surface area contributed by atoms with Crippen LogP contribution >= 0.6 is 0 Å². The van der Waals surface area contributed by atoms with Crippen LogP contribution in [0.3, 0.4) is 0 Å². The molecule has 0 aliphatic carbocycles. The number of carbonyl (C=O) groups excluding carboxylic acids is 1. The van der Waals surface area contributed by atoms with E-state index in [-0.39, 0.29) is 36.8 Å². The molecule has 1 N–H and O–H groups in total. The first-order valence-electron chi connectivity index (χ1n) is 13.0. The van der Waals surface area contributed by atoms with E-state index in [4.69, 9.17) is 22.1 Å². The summed E-state index contributed by atoms with van der Waals surface area (Å²) in [5.41, 5.74) is 0.0847. The fraction of sp³-hybridized carbons (Fsp3) is 0.393. The number of nitrogens with zero attached hydrogens (tertiary/aromatic N) is 3. The molecule has 5 rings (SSSR count). The number of morpholine rings is 1. The summed E-state index contributed by atoms with van der Waals surface area (Å²) in [6.45, 7) is 3.91. The van der Waals surface area contributed by atoms with Crippen molar-refractivity contribution in [1.29, 1.82) is 0 Å². The molecule has 2 radical (unpaired) electrons. The Balaban J connectivity index is 1.45. The number of anilines is 2. The standard InChI is InChI=1S/C28H27BF4N4O4/c1-17-22(13-21(15-34-17)36-25(38)18-3-2-4-20(11-18)28(31,32)33)19-12-23(37-6-9-39-10-7-37)26(35-14-19)41-27(29)5-8-40-16-24(27)30/h2-4,11-15,24H,5-10,16H2,1H3,(H,36,38). The maximum Gasteiger partial charge on any atom is 0.416 e. The summed E-state index contributed by atoms with van der Waals surface area (Å²) in [5, 5.41) is 2.62. The van der Waals surface area contributed by atoms with E-state index in [2.05, 4.69) is 15.3 Å². The largest absolute Gasteiger partial charge is 0.477 e. The molecule has 2 unspecified atom stereocenters. The molecule has 2 atom stereocenters. The zero-order valence-electron chi connectivity index (χ0n) is 22.2. The molecule has 214 valence electrons. The van der Waals surface area contributed by atoms with Gasteiger partial charge in [-0.25, -0.2) is 9.37 Å². The van der Waals surface area contributed by atoms with Crippen LogP contribution in [-0.2, 0) is 15.7 Å². The van der Waals surface area contributed by atoms with Gasteiger partial charge in [-0.1, -0.05) is 6.07 Å². The van der Waals surface area contributed by atoms with E-state index in [0.29, 0.717) is 48.8 Å². The summed E-state index contributed by atoms with van der Waals surface area (Å²) in [5.74, 6) is -0.545. The van der Waals surface area contributed by atoms with E-state index >= 15 is 0 Å². The Bertz CT molecular complexity index is 1420. The lowest BCUT2D eigenvalue weighted by Crippen LogP contribution is -2.52. The van der Waals surface area contributed by atoms with Crippen LogP contribution < -0.4 is 15.0 Å². The molecule has 0 spiro atoms. The van der Waals surface area contributed by atoms with E-state index in [1.165, 1.54) is 24.5 Å². The molecule has 2 aromatic heterocycles. The van der Waals surface area contributed by atoms with Gasteiger partial charge in [0.2, 0.25) is 5.88 Å². The summed E-state index contributed by atoms with van der Waals surface area (Å²) in [6.07, 6.45) is -3.01. The van der Waals surface area contributed by atoms with E-state index < -0.39 is 29.3 Å². The van der Waals surface area contributed by atoms with Crippen molar-refractivity contribution in [2.24, 2.45) is 0 Å². The first kappa shape index (κ1) is 28.8. The molecule has 2 saturated heterocycles. The smallest absolute Gasteiger partial charge is 0.416 e. The number of hydrogen-bond donors (Lipinski definition) is 1. The second-order valence-corrected chi connectivity index (χ2v) is 9.89. The Kier molecular flexibility index (Phi) is 8.19. The topological polar surface area (TPSA) is 85.8 Å². The summed E-state index contributed by atoms with van der Waals surface area (Å²) in [6, 6.07) is 7.66. The van der Waals surface area contributed by atoms with Crippen LogP contribution in [0.5, 0.6) is 5.88 Å². The molecule has 3 aromatic rings. The van der Waals surface area contributed by atoms with Crippen LogP contribution in [0.1, 0.15) is 28.0 Å². The summed E-state index contributed by atoms with van der Waals surface area (Å²) in [4.78, 5) is 23.6. The first-order chi connectivity index (χ1) is 19.5. The molecule has 1 amide bonds. The minimum atomic E-state index is -4.57. The maximum atomic E-state index is 14.7. The second-order valence-electron chi connectivity index (χ2n) is 9.89. The molecular formula is C28H27BF4N4O4. The lowest BCUT2D eigenvalue weighted by molar-refractivity contribution is -0.137. The van der Waals surface area contributed by atoms with Crippen molar-refractivity contribution in [3.8, 4) is 17.0 Å². The van der Waals surface area contributed by atoms with Crippen LogP contribution in [-0.4, -0.2) is 74.9 Å². The zero-order valence-corrected chi connectivity index (χ0v) is 22.2. The molecule has 13 heteroatoms. The van der Waals surface area contributed by atoms with Crippen molar-refractivity contribution in [3.63, 3.8) is 0 Å². The number of nitrogens with one attached hydrogen (secondary N) is 1. The van der Waals surface area contributed by atoms with Crippen molar-refractivity contribution in [2.45, 2.75) is 31.2 Å². The molecule has 0 saturated carbocycles. The lowest BCUT2D eigenvalue weighted by atomic mass is 9.74. The number of ether oxygens (including phenoxy) is 3. The Hall–Kier alpha value is -3.71. The first-order valence-corrected chi connectivity index (χ1v) is 13.0. The van der Waals surface area contributed by atoms with E-state index in [0.717, 1.165) is 12.1 Å². The van der Waals surface area contributed by atoms with Crippen molar-refractivity contribution in [1.82, 2.24) is 9.97 Å². The molecule has 4 heterocycles. The van der Waals surface area contributed by atoms with Gasteiger partial charge in [0.15, 0.2) is 6.17 Å². The summed E-state index contributed by atoms with van der Waals surface area (Å²) < 4.78 is 70.7. The highest BCUT2D eigenvalue weighted by molar-refractivity contribution is 6.15. The number of aromatic nitrogens is 2. The highest BCUT2D eigenvalue weighted by Gasteiger charge is 2.40. The zero-order chi connectivity index (χ0) is 29.2. The summed E-state index contributed by atoms with van der Waals surface area (Å²) in [7, 11) is 6.28. The van der Waals surface area contributed by atoms with Gasteiger partial charge in [0.1, 0.15) is 19.0 Å². The van der Waals surface area contributed by atoms with Crippen molar-refractivity contribution < 1.29 is 36.6 Å². The highest BCUT2D eigenvalue weighted by Crippen LogP contribution is 2.37. The Labute approximate surface area is 235 Å². The monoisotopic (exact) mass is 570 g/mol. The number of hydrogen-bond acceptors (Lipinski definition) is 7. The van der Waals surface area contributed by atoms with Gasteiger partial charge in [-0.15, -0.1) is 0 Å². The van der Waals surface area contributed by atoms with E-state index in [1.807, 2.05) is 11.0 Å². The predicted octanol–water partition coefficient (Wildman–Crippen LogP) is 4.56. The molecule has 2 aliphatic heterocycles. The van der Waals surface area contributed by atoms with Crippen molar-refractivity contribution >= 4 is 25.1 Å². The van der Waals surface area contributed by atoms with E-state index in [1.54, 1.807) is 13.0 Å². The van der Waals surface area contributed by atoms with Crippen molar-refractivity contribution in [2.75, 3.05) is 49.7 Å². The van der Waals surface area contributed by atoms with Crippen LogP contribution in [0.4, 0.5) is 28.9 Å². The Morgan fingerprint density at radius 3 is 2.63 bits per heavy atom. The molecule has 41 heavy (non-hydrogen) atoms. The lowest BCUT2D eigenvalue weighted by Gasteiger charge is -2.39. The van der Waals surface area contributed by atoms with Crippen molar-refractivity contribution in [3.05, 3.63) is 65.6 Å². The SMILES string of the molecule is [B]C1(Oc2ncc(-c3cc(NC(=O)c4cccc(C(F)(F)F)c4)cnc3C)cc2N2CCOCC2)CCOCC1F. The van der Waals surface area contributed by atoms with Gasteiger partial charge in [-0.3, -0.25) is 9.78 Å². The molecule has 0 bridgehead atoms. The van der Waals surface area contributed by atoms with Gasteiger partial charge in [0.25, 0.3) is 5.91 Å². The van der Waals surface area contributed by atoms with Gasteiger partial charge in [0.05, 0.1) is 37.3 Å². The normalized spacial score (nSPS) is 21.4. The van der Waals surface area contributed by atoms with Crippen LogP contribution in [0.25, 0.3) is 11.1 Å². The molecule has 2 fully saturated rings. The van der Waals surface area contributed by atoms with Crippen LogP contribution in [0.2, 0.25) is 0 Å². The van der Waals surface area contributed by atoms with Gasteiger partial charge in [-0.2, -0.15) is 13.2 Å². The second kappa shape index (κ2) is 11.7. The Morgan fingerprint density at radius 1 is 1.12 bits per heavy atom. The molecule has 1 aromatic carbocycles. The third kappa shape index (κ3) is 6.46. The Morgan fingerprint density at radius 2 is 1.90 bits per heavy atom. The number of pyridine rings is 2. The number of aryl methyl sites for hydroxylation is 1. The van der Waals surface area contributed by atoms with E-state index in [9.17, 15) is 22.4 Å². The third-order valence-corrected chi connectivity index (χ3v) is 7.01. The molecule has 8 nitrogen and oxygen atoms in total. The van der Waals surface area contributed by atoms with Gasteiger partial charge >= 0.3 is 6.18 Å². The minimum absolute atomic E-state index is 0.144. The highest BCUT2D eigenvalue weighted by atomic mass is 19.4. The number of carbonyl (C=O) groups is 1. The minimum Gasteiger partial charge on any atom is -0.477 e. The number of rotatable bonds is 6. The van der Waals surface area contributed by atoms with Gasteiger partial charge < -0.3 is 24.4 Å². The maximum absolute atomic E-state index is 14.7. The van der Waals surface area contributed by atoms with Gasteiger partial charge in [0, 0.05) is 54.7 Å². The average Bonchev–Trinajstić information content (AvgIpc) is 2.96. The number of benzene rings is 1. The molecular weight excluding hydrogens is 543 g/mol. The predicted molar refractivity (Wildman–Crippen MR) is 144 cm³/mol. The fourth-order valence-electron chi connectivity index (χ4n) is 4.64. The number of amides is 1. The third-order valence-electron chi connectivity index (χ3n) is 7.01. The van der Waals surface area contributed by atoms with Gasteiger partial charge in [-0.05, 0) is 37.3 Å². The summed E-state index contributed by atoms with van der Waals surface area (Å²) >= 11 is 0. The number of alkyl halides is 4. The quantitative estimate of drug-likeness (QED) is 0.344. The molecule has 2 aliphatic rings. The number of halogens is 4. The van der Waals surface area contributed by atoms with Crippen LogP contribution in [0, 0.1) is 6.92 Å². The average molecular weight is 570 g/mol. The fourth-order valence-corrected chi connectivity index (χ4v) is 4.64.